The Hall–Kier alpha value is -2.65. The van der Waals surface area contributed by atoms with E-state index in [0.717, 1.165) is 29.7 Å². The first-order valence-corrected chi connectivity index (χ1v) is 13.2. The van der Waals surface area contributed by atoms with Crippen LogP contribution in [0.5, 0.6) is 11.5 Å². The number of hydrogen-bond donors (Lipinski definition) is 3. The van der Waals surface area contributed by atoms with E-state index in [1.165, 1.54) is 11.3 Å². The van der Waals surface area contributed by atoms with Crippen LogP contribution in [-0.2, 0) is 10.2 Å². The summed E-state index contributed by atoms with van der Waals surface area (Å²) in [5.74, 6) is 1.68. The van der Waals surface area contributed by atoms with Gasteiger partial charge in [-0.05, 0) is 49.0 Å². The number of carbonyl (C=O) groups is 1. The number of nitrogens with one attached hydrogen (secondary N) is 2. The molecular formula is C27H32ClN3O4S. The van der Waals surface area contributed by atoms with Crippen molar-refractivity contribution >= 4 is 34.0 Å². The first kappa shape index (κ1) is 26.4. The van der Waals surface area contributed by atoms with Gasteiger partial charge >= 0.3 is 0 Å². The van der Waals surface area contributed by atoms with Gasteiger partial charge in [0.05, 0.1) is 18.1 Å². The molecule has 192 valence electrons. The molecule has 7 nitrogen and oxygen atoms in total. The third kappa shape index (κ3) is 6.00. The van der Waals surface area contributed by atoms with Crippen molar-refractivity contribution in [2.24, 2.45) is 5.92 Å². The maximum absolute atomic E-state index is 13.3. The van der Waals surface area contributed by atoms with E-state index in [0.29, 0.717) is 27.6 Å². The molecule has 2 atom stereocenters. The Morgan fingerprint density at radius 2 is 2.08 bits per heavy atom. The molecule has 2 aliphatic rings. The summed E-state index contributed by atoms with van der Waals surface area (Å²) in [5, 5.41) is 17.4. The number of hydrogen-bond acceptors (Lipinski definition) is 7. The largest absolute Gasteiger partial charge is 0.454 e. The molecule has 4 rings (SSSR count). The summed E-state index contributed by atoms with van der Waals surface area (Å²) in [4.78, 5) is 18.6. The van der Waals surface area contributed by atoms with E-state index in [1.54, 1.807) is 24.4 Å². The van der Waals surface area contributed by atoms with Gasteiger partial charge in [-0.3, -0.25) is 10.1 Å². The normalized spacial score (nSPS) is 17.9. The van der Waals surface area contributed by atoms with Gasteiger partial charge in [-0.15, -0.1) is 0 Å². The van der Waals surface area contributed by atoms with Crippen molar-refractivity contribution in [3.05, 3.63) is 70.8 Å². The van der Waals surface area contributed by atoms with Gasteiger partial charge in [-0.25, -0.2) is 4.98 Å². The van der Waals surface area contributed by atoms with E-state index in [2.05, 4.69) is 36.0 Å². The molecule has 1 aliphatic carbocycles. The molecule has 1 aromatic heterocycles. The molecule has 2 heterocycles. The maximum atomic E-state index is 13.3. The molecule has 1 fully saturated rings. The average Bonchev–Trinajstić information content (AvgIpc) is 3.32. The molecule has 3 N–H and O–H groups in total. The van der Waals surface area contributed by atoms with Crippen molar-refractivity contribution in [3.63, 3.8) is 0 Å². The van der Waals surface area contributed by atoms with Crippen molar-refractivity contribution in [2.45, 2.75) is 50.6 Å². The minimum absolute atomic E-state index is 0.0121. The van der Waals surface area contributed by atoms with Crippen LogP contribution in [-0.4, -0.2) is 35.4 Å². The van der Waals surface area contributed by atoms with E-state index in [4.69, 9.17) is 21.1 Å². The standard InChI is InChI=1S/C27H32ClN3O4S/c1-4-5-6-7-20(28)24(30-19(15-32)12-17(2)3)23-14-29-26(36-23)31-25(33)27(10-11-27)18-8-9-21-22(13-18)35-16-34-21/h4-9,13-14,17,19,24,30,32H,1,10-12,15-16H2,2-3H3,(H,29,31,33)/b6-5-,20-7+/t19-,24-/m0/s1. The fraction of sp³-hybridized carbons (Fsp3) is 0.407. The topological polar surface area (TPSA) is 92.7 Å². The SMILES string of the molecule is C=C/C=C\C=C(\Cl)[C@H](N[C@H](CO)CC(C)C)c1cnc(NC(=O)C2(c3ccc4c(c3)OCO4)CC2)s1. The molecule has 0 saturated heterocycles. The number of rotatable bonds is 12. The van der Waals surface area contributed by atoms with Gasteiger partial charge in [-0.1, -0.05) is 67.7 Å². The molecule has 0 spiro atoms. The van der Waals surface area contributed by atoms with E-state index >= 15 is 0 Å². The minimum Gasteiger partial charge on any atom is -0.454 e. The number of aromatic nitrogens is 1. The summed E-state index contributed by atoms with van der Waals surface area (Å²) < 4.78 is 10.9. The monoisotopic (exact) mass is 529 g/mol. The molecule has 0 unspecified atom stereocenters. The smallest absolute Gasteiger partial charge is 0.236 e. The Labute approximate surface area is 220 Å². The minimum atomic E-state index is -0.587. The zero-order valence-corrected chi connectivity index (χ0v) is 22.1. The number of aliphatic hydroxyl groups excluding tert-OH is 1. The number of allylic oxidation sites excluding steroid dienone is 4. The van der Waals surface area contributed by atoms with Crippen LogP contribution in [0.25, 0.3) is 0 Å². The third-order valence-corrected chi connectivity index (χ3v) is 7.62. The van der Waals surface area contributed by atoms with Gasteiger partial charge < -0.3 is 19.9 Å². The van der Waals surface area contributed by atoms with Gasteiger partial charge in [0.25, 0.3) is 0 Å². The summed E-state index contributed by atoms with van der Waals surface area (Å²) in [6.07, 6.45) is 11.1. The van der Waals surface area contributed by atoms with Gasteiger partial charge in [0.1, 0.15) is 0 Å². The molecule has 1 amide bonds. The van der Waals surface area contributed by atoms with Crippen molar-refractivity contribution in [3.8, 4) is 11.5 Å². The van der Waals surface area contributed by atoms with Crippen LogP contribution in [0, 0.1) is 5.92 Å². The van der Waals surface area contributed by atoms with Gasteiger partial charge in [0.2, 0.25) is 12.7 Å². The van der Waals surface area contributed by atoms with Crippen LogP contribution < -0.4 is 20.1 Å². The van der Waals surface area contributed by atoms with Crippen molar-refractivity contribution in [2.75, 3.05) is 18.7 Å². The lowest BCUT2D eigenvalue weighted by Crippen LogP contribution is -2.36. The first-order chi connectivity index (χ1) is 17.4. The molecule has 0 bridgehead atoms. The highest BCUT2D eigenvalue weighted by Crippen LogP contribution is 2.51. The van der Waals surface area contributed by atoms with Crippen LogP contribution >= 0.6 is 22.9 Å². The van der Waals surface area contributed by atoms with Crippen LogP contribution in [0.3, 0.4) is 0 Å². The van der Waals surface area contributed by atoms with E-state index < -0.39 is 5.41 Å². The number of anilines is 1. The number of halogens is 1. The molecule has 0 radical (unpaired) electrons. The van der Waals surface area contributed by atoms with E-state index in [-0.39, 0.29) is 31.4 Å². The van der Waals surface area contributed by atoms with Gasteiger partial charge in [0, 0.05) is 22.1 Å². The Morgan fingerprint density at radius 3 is 2.78 bits per heavy atom. The highest BCUT2D eigenvalue weighted by atomic mass is 35.5. The molecule has 2 aromatic rings. The van der Waals surface area contributed by atoms with Crippen LogP contribution in [0.2, 0.25) is 0 Å². The van der Waals surface area contributed by atoms with Gasteiger partial charge in [-0.2, -0.15) is 0 Å². The zero-order valence-electron chi connectivity index (χ0n) is 20.5. The average molecular weight is 530 g/mol. The van der Waals surface area contributed by atoms with Crippen molar-refractivity contribution in [1.82, 2.24) is 10.3 Å². The highest BCUT2D eigenvalue weighted by Gasteiger charge is 2.52. The van der Waals surface area contributed by atoms with Crippen LogP contribution in [0.1, 0.15) is 49.6 Å². The maximum Gasteiger partial charge on any atom is 0.236 e. The number of fused-ring (bicyclic) bond motifs is 1. The van der Waals surface area contributed by atoms with Crippen molar-refractivity contribution in [1.29, 1.82) is 0 Å². The second-order valence-electron chi connectivity index (χ2n) is 9.45. The fourth-order valence-corrected chi connectivity index (χ4v) is 5.49. The van der Waals surface area contributed by atoms with Crippen molar-refractivity contribution < 1.29 is 19.4 Å². The number of nitrogens with zero attached hydrogens (tertiary/aromatic N) is 1. The fourth-order valence-electron chi connectivity index (χ4n) is 4.28. The Bertz CT molecular complexity index is 1160. The predicted molar refractivity (Wildman–Crippen MR) is 144 cm³/mol. The highest BCUT2D eigenvalue weighted by molar-refractivity contribution is 7.15. The summed E-state index contributed by atoms with van der Waals surface area (Å²) in [6.45, 7) is 8.08. The lowest BCUT2D eigenvalue weighted by atomic mass is 9.94. The molecule has 1 saturated carbocycles. The number of ether oxygens (including phenoxy) is 2. The number of thiazole rings is 1. The molecular weight excluding hydrogens is 498 g/mol. The first-order valence-electron chi connectivity index (χ1n) is 12.0. The molecule has 1 aromatic carbocycles. The van der Waals surface area contributed by atoms with E-state index in [1.807, 2.05) is 24.3 Å². The summed E-state index contributed by atoms with van der Waals surface area (Å²) in [6, 6.07) is 5.17. The Kier molecular flexibility index (Phi) is 8.51. The van der Waals surface area contributed by atoms with Crippen LogP contribution in [0.15, 0.2) is 60.3 Å². The quantitative estimate of drug-likeness (QED) is 0.317. The number of aliphatic hydroxyl groups is 1. The number of amides is 1. The second kappa shape index (κ2) is 11.6. The summed E-state index contributed by atoms with van der Waals surface area (Å²) in [7, 11) is 0. The predicted octanol–water partition coefficient (Wildman–Crippen LogP) is 5.44. The summed E-state index contributed by atoms with van der Waals surface area (Å²) in [5.41, 5.74) is 0.330. The van der Waals surface area contributed by atoms with Crippen LogP contribution in [0.4, 0.5) is 5.13 Å². The number of benzene rings is 1. The second-order valence-corrected chi connectivity index (χ2v) is 11.0. The lowest BCUT2D eigenvalue weighted by molar-refractivity contribution is -0.118. The van der Waals surface area contributed by atoms with Gasteiger partial charge in [0.15, 0.2) is 16.6 Å². The Morgan fingerprint density at radius 1 is 1.31 bits per heavy atom. The number of carbonyl (C=O) groups excluding carboxylic acids is 1. The summed E-state index contributed by atoms with van der Waals surface area (Å²) >= 11 is 8.05. The lowest BCUT2D eigenvalue weighted by Gasteiger charge is -2.24. The Balaban J connectivity index is 1.51. The third-order valence-electron chi connectivity index (χ3n) is 6.30. The van der Waals surface area contributed by atoms with E-state index in [9.17, 15) is 9.90 Å². The molecule has 36 heavy (non-hydrogen) atoms. The molecule has 1 aliphatic heterocycles. The zero-order chi connectivity index (χ0) is 25.7. The molecule has 9 heteroatoms.